The standard InChI is InChI=1S/C47H93N3O5/c1-4-6-8-10-12-14-16-18-20-22-24-26-28-36-45(52)48-38-33-31-35-44(40-47(54)49-39-32-30-34-43(41-51)42-55-3)50-46(53)37-29-27-25-23-21-19-17-15-13-11-9-7-5-2/h43-44,51H,4-42H2,1-3H3,(H,48,52)(H,49,54)(H,50,53)/t43?,44-/m0/s1. The molecule has 0 saturated carbocycles. The van der Waals surface area contributed by atoms with Crippen LogP contribution in [0.15, 0.2) is 0 Å². The fourth-order valence-corrected chi connectivity index (χ4v) is 7.51. The molecule has 2 atom stereocenters. The Morgan fingerprint density at radius 1 is 0.473 bits per heavy atom. The molecule has 0 rings (SSSR count). The fourth-order valence-electron chi connectivity index (χ4n) is 7.51. The Balaban J connectivity index is 4.29. The monoisotopic (exact) mass is 780 g/mol. The zero-order chi connectivity index (χ0) is 40.3. The number of carbonyl (C=O) groups is 3. The second-order valence-electron chi connectivity index (χ2n) is 16.6. The quantitative estimate of drug-likeness (QED) is 0.0460. The van der Waals surface area contributed by atoms with Gasteiger partial charge in [0.1, 0.15) is 0 Å². The van der Waals surface area contributed by atoms with Gasteiger partial charge in [-0.2, -0.15) is 0 Å². The molecule has 8 heteroatoms. The summed E-state index contributed by atoms with van der Waals surface area (Å²) < 4.78 is 5.16. The number of rotatable bonds is 44. The lowest BCUT2D eigenvalue weighted by Gasteiger charge is -2.19. The molecular weight excluding hydrogens is 687 g/mol. The Morgan fingerprint density at radius 2 is 0.855 bits per heavy atom. The first-order valence-electron chi connectivity index (χ1n) is 23.9. The number of ether oxygens (including phenoxy) is 1. The highest BCUT2D eigenvalue weighted by Crippen LogP contribution is 2.15. The summed E-state index contributed by atoms with van der Waals surface area (Å²) in [7, 11) is 1.65. The highest BCUT2D eigenvalue weighted by molar-refractivity contribution is 5.79. The van der Waals surface area contributed by atoms with Crippen molar-refractivity contribution >= 4 is 17.7 Å². The number of methoxy groups -OCH3 is 1. The number of amides is 3. The van der Waals surface area contributed by atoms with Crippen molar-refractivity contribution in [3.63, 3.8) is 0 Å². The van der Waals surface area contributed by atoms with Crippen LogP contribution in [0.25, 0.3) is 0 Å². The summed E-state index contributed by atoms with van der Waals surface area (Å²) in [6, 6.07) is -0.198. The number of hydrogen-bond acceptors (Lipinski definition) is 5. The first-order chi connectivity index (χ1) is 27.0. The molecule has 0 aliphatic rings. The Hall–Kier alpha value is -1.67. The van der Waals surface area contributed by atoms with E-state index in [2.05, 4.69) is 29.8 Å². The molecule has 3 amide bonds. The van der Waals surface area contributed by atoms with Crippen LogP contribution in [-0.2, 0) is 19.1 Å². The second-order valence-corrected chi connectivity index (χ2v) is 16.6. The molecule has 0 heterocycles. The summed E-state index contributed by atoms with van der Waals surface area (Å²) in [6.07, 6.45) is 40.0. The van der Waals surface area contributed by atoms with Crippen LogP contribution < -0.4 is 16.0 Å². The third-order valence-electron chi connectivity index (χ3n) is 11.1. The molecule has 0 fully saturated rings. The summed E-state index contributed by atoms with van der Waals surface area (Å²) in [5.74, 6) is 0.282. The van der Waals surface area contributed by atoms with E-state index in [4.69, 9.17) is 4.74 Å². The van der Waals surface area contributed by atoms with Crippen molar-refractivity contribution in [2.75, 3.05) is 33.4 Å². The SMILES string of the molecule is CCCCCCCCCCCCCCCC(=O)NCCCC[C@@H](CC(=O)NCCCCC(CO)COC)NC(=O)CCCCCCCCCCCCCCC. The van der Waals surface area contributed by atoms with Crippen LogP contribution >= 0.6 is 0 Å². The van der Waals surface area contributed by atoms with Gasteiger partial charge in [0.05, 0.1) is 6.61 Å². The molecule has 0 saturated heterocycles. The zero-order valence-electron chi connectivity index (χ0n) is 36.8. The van der Waals surface area contributed by atoms with E-state index in [-0.39, 0.29) is 42.7 Å². The smallest absolute Gasteiger partial charge is 0.222 e. The highest BCUT2D eigenvalue weighted by Gasteiger charge is 2.17. The van der Waals surface area contributed by atoms with Gasteiger partial charge in [0, 0.05) is 58.0 Å². The van der Waals surface area contributed by atoms with Gasteiger partial charge in [0.15, 0.2) is 0 Å². The Morgan fingerprint density at radius 3 is 1.27 bits per heavy atom. The van der Waals surface area contributed by atoms with E-state index in [1.54, 1.807) is 7.11 Å². The van der Waals surface area contributed by atoms with Crippen molar-refractivity contribution in [3.05, 3.63) is 0 Å². The van der Waals surface area contributed by atoms with E-state index < -0.39 is 0 Å². The van der Waals surface area contributed by atoms with E-state index in [1.165, 1.54) is 141 Å². The molecule has 0 bridgehead atoms. The van der Waals surface area contributed by atoms with Gasteiger partial charge >= 0.3 is 0 Å². The molecule has 55 heavy (non-hydrogen) atoms. The Labute approximate surface area is 341 Å². The van der Waals surface area contributed by atoms with E-state index >= 15 is 0 Å². The van der Waals surface area contributed by atoms with Crippen LogP contribution in [0.4, 0.5) is 0 Å². The molecule has 0 aromatic carbocycles. The van der Waals surface area contributed by atoms with Crippen molar-refractivity contribution in [3.8, 4) is 0 Å². The van der Waals surface area contributed by atoms with Crippen molar-refractivity contribution in [1.82, 2.24) is 16.0 Å². The van der Waals surface area contributed by atoms with Gasteiger partial charge in [-0.15, -0.1) is 0 Å². The fraction of sp³-hybridized carbons (Fsp3) is 0.936. The normalized spacial score (nSPS) is 12.4. The average Bonchev–Trinajstić information content (AvgIpc) is 3.17. The molecule has 0 aromatic rings. The maximum atomic E-state index is 12.9. The Bertz CT molecular complexity index is 841. The summed E-state index contributed by atoms with van der Waals surface area (Å²) in [5, 5.41) is 18.7. The van der Waals surface area contributed by atoms with E-state index in [9.17, 15) is 19.5 Å². The van der Waals surface area contributed by atoms with Crippen LogP contribution in [0.1, 0.15) is 239 Å². The second kappa shape index (κ2) is 43.5. The molecule has 0 aliphatic carbocycles. The van der Waals surface area contributed by atoms with Gasteiger partial charge < -0.3 is 25.8 Å². The van der Waals surface area contributed by atoms with E-state index in [0.29, 0.717) is 32.5 Å². The van der Waals surface area contributed by atoms with Crippen molar-refractivity contribution in [2.24, 2.45) is 5.92 Å². The molecule has 0 aromatic heterocycles. The predicted molar refractivity (Wildman–Crippen MR) is 233 cm³/mol. The molecule has 8 nitrogen and oxygen atoms in total. The van der Waals surface area contributed by atoms with Crippen molar-refractivity contribution in [2.45, 2.75) is 245 Å². The minimum Gasteiger partial charge on any atom is -0.396 e. The predicted octanol–water partition coefficient (Wildman–Crippen LogP) is 11.7. The zero-order valence-corrected chi connectivity index (χ0v) is 36.8. The maximum Gasteiger partial charge on any atom is 0.222 e. The minimum absolute atomic E-state index is 0.0343. The third kappa shape index (κ3) is 40.3. The lowest BCUT2D eigenvalue weighted by Crippen LogP contribution is -2.39. The van der Waals surface area contributed by atoms with Gasteiger partial charge in [-0.1, -0.05) is 174 Å². The molecule has 326 valence electrons. The number of nitrogens with one attached hydrogen (secondary N) is 3. The summed E-state index contributed by atoms with van der Waals surface area (Å²) in [5.41, 5.74) is 0. The number of unbranched alkanes of at least 4 members (excludes halogenated alkanes) is 26. The average molecular weight is 780 g/mol. The van der Waals surface area contributed by atoms with Crippen LogP contribution in [0.5, 0.6) is 0 Å². The molecule has 0 spiro atoms. The topological polar surface area (TPSA) is 117 Å². The van der Waals surface area contributed by atoms with Gasteiger partial charge in [-0.25, -0.2) is 0 Å². The first-order valence-corrected chi connectivity index (χ1v) is 23.9. The lowest BCUT2D eigenvalue weighted by molar-refractivity contribution is -0.124. The van der Waals surface area contributed by atoms with Crippen molar-refractivity contribution < 1.29 is 24.2 Å². The maximum absolute atomic E-state index is 12.9. The number of hydrogen-bond donors (Lipinski definition) is 4. The minimum atomic E-state index is -0.198. The van der Waals surface area contributed by atoms with Gasteiger partial charge in [-0.3, -0.25) is 14.4 Å². The van der Waals surface area contributed by atoms with Gasteiger partial charge in [0.25, 0.3) is 0 Å². The molecule has 0 aliphatic heterocycles. The van der Waals surface area contributed by atoms with E-state index in [0.717, 1.165) is 64.2 Å². The number of carbonyl (C=O) groups excluding carboxylic acids is 3. The molecule has 1 unspecified atom stereocenters. The van der Waals surface area contributed by atoms with Crippen LogP contribution in [0.2, 0.25) is 0 Å². The highest BCUT2D eigenvalue weighted by atomic mass is 16.5. The first kappa shape index (κ1) is 53.3. The molecule has 0 radical (unpaired) electrons. The van der Waals surface area contributed by atoms with Crippen molar-refractivity contribution in [1.29, 1.82) is 0 Å². The van der Waals surface area contributed by atoms with Crippen LogP contribution in [0.3, 0.4) is 0 Å². The molecular formula is C47H93N3O5. The van der Waals surface area contributed by atoms with Crippen LogP contribution in [0, 0.1) is 5.92 Å². The largest absolute Gasteiger partial charge is 0.396 e. The van der Waals surface area contributed by atoms with Gasteiger partial charge in [0.2, 0.25) is 17.7 Å². The van der Waals surface area contributed by atoms with Gasteiger partial charge in [-0.05, 0) is 44.9 Å². The third-order valence-corrected chi connectivity index (χ3v) is 11.1. The van der Waals surface area contributed by atoms with Crippen LogP contribution in [-0.4, -0.2) is 62.3 Å². The summed E-state index contributed by atoms with van der Waals surface area (Å²) in [6.45, 7) is 6.43. The van der Waals surface area contributed by atoms with E-state index in [1.807, 2.05) is 0 Å². The summed E-state index contributed by atoms with van der Waals surface area (Å²) >= 11 is 0. The number of aliphatic hydroxyl groups excluding tert-OH is 1. The molecule has 4 N–H and O–H groups in total. The lowest BCUT2D eigenvalue weighted by atomic mass is 10.0. The number of aliphatic hydroxyl groups is 1. The Kier molecular flexibility index (Phi) is 42.1. The summed E-state index contributed by atoms with van der Waals surface area (Å²) in [4.78, 5) is 38.1.